The van der Waals surface area contributed by atoms with Crippen molar-refractivity contribution in [2.24, 2.45) is 0 Å². The highest BCUT2D eigenvalue weighted by molar-refractivity contribution is 6.51. The van der Waals surface area contributed by atoms with Gasteiger partial charge in [-0.2, -0.15) is 0 Å². The van der Waals surface area contributed by atoms with Crippen molar-refractivity contribution >= 4 is 9.04 Å². The fourth-order valence-electron chi connectivity index (χ4n) is 1.22. The van der Waals surface area contributed by atoms with Crippen LogP contribution in [0.3, 0.4) is 0 Å². The second-order valence-electron chi connectivity index (χ2n) is 3.03. The second kappa shape index (κ2) is 7.77. The quantitative estimate of drug-likeness (QED) is 0.454. The molecule has 0 heterocycles. The molecule has 0 saturated carbocycles. The van der Waals surface area contributed by atoms with Crippen LogP contribution in [0.2, 0.25) is 12.1 Å². The summed E-state index contributed by atoms with van der Waals surface area (Å²) in [6.45, 7) is 6.53. The van der Waals surface area contributed by atoms with E-state index >= 15 is 0 Å². The summed E-state index contributed by atoms with van der Waals surface area (Å²) in [5.41, 5.74) is 0. The third-order valence-corrected chi connectivity index (χ3v) is 4.83. The number of methoxy groups -OCH3 is 1. The van der Waals surface area contributed by atoms with E-state index in [2.05, 4.69) is 20.8 Å². The van der Waals surface area contributed by atoms with Crippen molar-refractivity contribution in [3.63, 3.8) is 0 Å². The molecule has 0 aromatic carbocycles. The molecule has 2 unspecified atom stereocenters. The van der Waals surface area contributed by atoms with E-state index in [4.69, 9.17) is 9.16 Å². The maximum Gasteiger partial charge on any atom is 0.180 e. The van der Waals surface area contributed by atoms with Gasteiger partial charge in [-0.3, -0.25) is 0 Å². The molecule has 0 aliphatic heterocycles. The highest BCUT2D eigenvalue weighted by Crippen LogP contribution is 2.09. The van der Waals surface area contributed by atoms with Gasteiger partial charge in [0.05, 0.1) is 0 Å². The van der Waals surface area contributed by atoms with Gasteiger partial charge in [0.15, 0.2) is 9.04 Å². The van der Waals surface area contributed by atoms with Crippen molar-refractivity contribution < 1.29 is 9.16 Å². The van der Waals surface area contributed by atoms with Crippen LogP contribution in [0.25, 0.3) is 0 Å². The van der Waals surface area contributed by atoms with Gasteiger partial charge in [0.25, 0.3) is 0 Å². The highest BCUT2D eigenvalue weighted by Gasteiger charge is 2.13. The van der Waals surface area contributed by atoms with Crippen LogP contribution >= 0.6 is 0 Å². The third-order valence-electron chi connectivity index (χ3n) is 2.01. The predicted molar refractivity (Wildman–Crippen MR) is 54.9 cm³/mol. The van der Waals surface area contributed by atoms with E-state index in [0.29, 0.717) is 0 Å². The Balaban J connectivity index is 3.65. The van der Waals surface area contributed by atoms with Crippen LogP contribution in [0.4, 0.5) is 0 Å². The SMILES string of the molecule is CCC[SiH](CC)OC(CC)OC. The van der Waals surface area contributed by atoms with Gasteiger partial charge in [-0.15, -0.1) is 0 Å². The smallest absolute Gasteiger partial charge is 0.180 e. The van der Waals surface area contributed by atoms with Gasteiger partial charge < -0.3 is 9.16 Å². The van der Waals surface area contributed by atoms with Crippen molar-refractivity contribution in [2.45, 2.75) is 52.0 Å². The average molecular weight is 190 g/mol. The molecule has 0 aliphatic carbocycles. The molecule has 0 amide bonds. The van der Waals surface area contributed by atoms with Crippen molar-refractivity contribution in [1.82, 2.24) is 0 Å². The highest BCUT2D eigenvalue weighted by atomic mass is 28.3. The second-order valence-corrected chi connectivity index (χ2v) is 5.94. The summed E-state index contributed by atoms with van der Waals surface area (Å²) in [6.07, 6.45) is 2.25. The van der Waals surface area contributed by atoms with Gasteiger partial charge in [-0.05, 0) is 18.5 Å². The molecule has 0 rings (SSSR count). The third kappa shape index (κ3) is 4.90. The van der Waals surface area contributed by atoms with Gasteiger partial charge in [0, 0.05) is 7.11 Å². The van der Waals surface area contributed by atoms with Crippen molar-refractivity contribution in [3.05, 3.63) is 0 Å². The zero-order valence-electron chi connectivity index (χ0n) is 8.80. The molecule has 0 aromatic heterocycles. The molecule has 0 bridgehead atoms. The van der Waals surface area contributed by atoms with Gasteiger partial charge in [-0.1, -0.05) is 27.2 Å². The normalized spacial score (nSPS) is 16.0. The molecule has 0 radical (unpaired) electrons. The van der Waals surface area contributed by atoms with E-state index in [-0.39, 0.29) is 6.29 Å². The van der Waals surface area contributed by atoms with E-state index in [0.717, 1.165) is 6.42 Å². The van der Waals surface area contributed by atoms with E-state index < -0.39 is 9.04 Å². The number of hydrogen-bond acceptors (Lipinski definition) is 2. The first-order valence-corrected chi connectivity index (χ1v) is 7.07. The monoisotopic (exact) mass is 190 g/mol. The Labute approximate surface area is 78.0 Å². The molecule has 0 fully saturated rings. The summed E-state index contributed by atoms with van der Waals surface area (Å²) in [6, 6.07) is 2.49. The van der Waals surface area contributed by atoms with E-state index in [1.807, 2.05) is 0 Å². The van der Waals surface area contributed by atoms with Crippen LogP contribution in [0.15, 0.2) is 0 Å². The van der Waals surface area contributed by atoms with Crippen molar-refractivity contribution in [3.8, 4) is 0 Å². The molecular weight excluding hydrogens is 168 g/mol. The molecule has 3 heteroatoms. The van der Waals surface area contributed by atoms with Crippen LogP contribution < -0.4 is 0 Å². The molecule has 12 heavy (non-hydrogen) atoms. The Kier molecular flexibility index (Phi) is 7.86. The first kappa shape index (κ1) is 12.1. The zero-order chi connectivity index (χ0) is 9.40. The summed E-state index contributed by atoms with van der Waals surface area (Å²) < 4.78 is 11.0. The Morgan fingerprint density at radius 2 is 1.92 bits per heavy atom. The number of rotatable bonds is 7. The standard InChI is InChI=1S/C9H22O2Si/c1-5-8-12(7-3)11-9(6-2)10-4/h9,12H,5-8H2,1-4H3. The molecule has 2 atom stereocenters. The molecule has 2 nitrogen and oxygen atoms in total. The number of hydrogen-bond donors (Lipinski definition) is 0. The summed E-state index contributed by atoms with van der Waals surface area (Å²) in [5, 5.41) is 0. The topological polar surface area (TPSA) is 18.5 Å². The Bertz CT molecular complexity index is 94.5. The fraction of sp³-hybridized carbons (Fsp3) is 1.00. The Hall–Kier alpha value is 0.137. The maximum absolute atomic E-state index is 5.86. The van der Waals surface area contributed by atoms with Gasteiger partial charge in [0.1, 0.15) is 6.29 Å². The summed E-state index contributed by atoms with van der Waals surface area (Å²) in [5.74, 6) is 0. The van der Waals surface area contributed by atoms with Gasteiger partial charge in [-0.25, -0.2) is 0 Å². The summed E-state index contributed by atoms with van der Waals surface area (Å²) in [4.78, 5) is 0. The lowest BCUT2D eigenvalue weighted by Crippen LogP contribution is -2.25. The minimum absolute atomic E-state index is 0.0492. The first-order chi connectivity index (χ1) is 5.78. The van der Waals surface area contributed by atoms with Crippen molar-refractivity contribution in [2.75, 3.05) is 7.11 Å². The lowest BCUT2D eigenvalue weighted by molar-refractivity contribution is -0.0581. The molecule has 0 aliphatic rings. The predicted octanol–water partition coefficient (Wildman–Crippen LogP) is 2.54. The summed E-state index contributed by atoms with van der Waals surface area (Å²) >= 11 is 0. The van der Waals surface area contributed by atoms with Crippen molar-refractivity contribution in [1.29, 1.82) is 0 Å². The Morgan fingerprint density at radius 1 is 1.25 bits per heavy atom. The molecule has 0 saturated heterocycles. The molecular formula is C9H22O2Si. The number of ether oxygens (including phenoxy) is 1. The van der Waals surface area contributed by atoms with Gasteiger partial charge >= 0.3 is 0 Å². The molecule has 0 N–H and O–H groups in total. The van der Waals surface area contributed by atoms with E-state index in [1.165, 1.54) is 18.5 Å². The minimum atomic E-state index is -0.931. The minimum Gasteiger partial charge on any atom is -0.396 e. The van der Waals surface area contributed by atoms with E-state index in [9.17, 15) is 0 Å². The van der Waals surface area contributed by atoms with E-state index in [1.54, 1.807) is 7.11 Å². The molecule has 0 spiro atoms. The Morgan fingerprint density at radius 3 is 2.25 bits per heavy atom. The zero-order valence-corrected chi connectivity index (χ0v) is 9.95. The van der Waals surface area contributed by atoms with Crippen LogP contribution in [-0.4, -0.2) is 22.4 Å². The largest absolute Gasteiger partial charge is 0.396 e. The average Bonchev–Trinajstić information content (AvgIpc) is 2.12. The fourth-order valence-corrected chi connectivity index (χ4v) is 3.34. The van der Waals surface area contributed by atoms with Crippen LogP contribution in [0.5, 0.6) is 0 Å². The molecule has 74 valence electrons. The first-order valence-electron chi connectivity index (χ1n) is 4.96. The lowest BCUT2D eigenvalue weighted by Gasteiger charge is -2.20. The van der Waals surface area contributed by atoms with Gasteiger partial charge in [0.2, 0.25) is 0 Å². The lowest BCUT2D eigenvalue weighted by atomic mass is 10.5. The van der Waals surface area contributed by atoms with Crippen LogP contribution in [0, 0.1) is 0 Å². The summed E-state index contributed by atoms with van der Waals surface area (Å²) in [7, 11) is 0.792. The molecule has 0 aromatic rings. The maximum atomic E-state index is 5.86. The van der Waals surface area contributed by atoms with Crippen LogP contribution in [0.1, 0.15) is 33.6 Å². The van der Waals surface area contributed by atoms with Crippen LogP contribution in [-0.2, 0) is 9.16 Å².